The normalized spacial score (nSPS) is 30.5. The first-order valence-electron chi connectivity index (χ1n) is 15.7. The Morgan fingerprint density at radius 3 is 2.24 bits per heavy atom. The lowest BCUT2D eigenvalue weighted by Crippen LogP contribution is -2.55. The van der Waals surface area contributed by atoms with Crippen LogP contribution in [0.2, 0.25) is 18.1 Å². The molecule has 7 nitrogen and oxygen atoms in total. The average Bonchev–Trinajstić information content (AvgIpc) is 3.49. The molecule has 0 aromatic heterocycles. The second kappa shape index (κ2) is 11.0. The molecule has 0 bridgehead atoms. The SMILES string of the molecule is CCOC(=O)C(C(=O)OCC)[C@@H]1Cc2cc(O[Si](C)(C)C(C)(C)C)ccc2C2CC[C@@]3(C)C(CCC34OCCO4)C21. The van der Waals surface area contributed by atoms with Gasteiger partial charge < -0.3 is 23.4 Å². The predicted octanol–water partition coefficient (Wildman–Crippen LogP) is 6.64. The van der Waals surface area contributed by atoms with Crippen LogP contribution < -0.4 is 4.43 Å². The van der Waals surface area contributed by atoms with Crippen LogP contribution in [-0.2, 0) is 35.0 Å². The lowest BCUT2D eigenvalue weighted by atomic mass is 9.50. The van der Waals surface area contributed by atoms with Crippen molar-refractivity contribution >= 4 is 20.3 Å². The first-order chi connectivity index (χ1) is 19.3. The molecule has 228 valence electrons. The molecule has 1 aliphatic heterocycles. The molecule has 3 fully saturated rings. The number of hydrogen-bond acceptors (Lipinski definition) is 7. The Balaban J connectivity index is 1.59. The zero-order valence-electron chi connectivity index (χ0n) is 26.3. The van der Waals surface area contributed by atoms with Gasteiger partial charge in [-0.1, -0.05) is 33.8 Å². The Bertz CT molecular complexity index is 1130. The molecule has 1 aromatic carbocycles. The Labute approximate surface area is 247 Å². The standard InChI is InChI=1S/C33H50O7Si/c1-9-36-29(34)28(30(35)37-10-2)25-20-21-19-22(40-41(7,8)31(3,4)5)11-12-23(21)24-13-15-32(6)26(27(24)25)14-16-33(32)38-17-18-39-33/h11-12,19,24-28H,9-10,13-18,20H2,1-8H3/t24?,25-,26?,27?,32+/m1/s1. The smallest absolute Gasteiger partial charge is 0.320 e. The first-order valence-corrected chi connectivity index (χ1v) is 18.6. The van der Waals surface area contributed by atoms with Crippen molar-refractivity contribution in [3.63, 3.8) is 0 Å². The van der Waals surface area contributed by atoms with Crippen LogP contribution in [0, 0.1) is 29.1 Å². The molecule has 1 saturated heterocycles. The molecule has 41 heavy (non-hydrogen) atoms. The summed E-state index contributed by atoms with van der Waals surface area (Å²) in [5.74, 6) is -1.25. The van der Waals surface area contributed by atoms with Gasteiger partial charge in [-0.25, -0.2) is 0 Å². The van der Waals surface area contributed by atoms with E-state index in [9.17, 15) is 9.59 Å². The minimum Gasteiger partial charge on any atom is -0.543 e. The largest absolute Gasteiger partial charge is 0.543 e. The van der Waals surface area contributed by atoms with Gasteiger partial charge in [0.2, 0.25) is 8.32 Å². The van der Waals surface area contributed by atoms with E-state index in [0.29, 0.717) is 19.6 Å². The van der Waals surface area contributed by atoms with E-state index in [2.05, 4.69) is 59.0 Å². The van der Waals surface area contributed by atoms with Gasteiger partial charge >= 0.3 is 11.9 Å². The van der Waals surface area contributed by atoms with Gasteiger partial charge in [0, 0.05) is 11.8 Å². The minimum absolute atomic E-state index is 0.0755. The van der Waals surface area contributed by atoms with Gasteiger partial charge in [-0.3, -0.25) is 9.59 Å². The Morgan fingerprint density at radius 2 is 1.66 bits per heavy atom. The molecule has 8 heteroatoms. The number of esters is 2. The fourth-order valence-electron chi connectivity index (χ4n) is 8.31. The lowest BCUT2D eigenvalue weighted by Gasteiger charge is -2.55. The molecule has 5 atom stereocenters. The van der Waals surface area contributed by atoms with E-state index in [0.717, 1.165) is 31.4 Å². The first kappa shape index (κ1) is 30.6. The second-order valence-electron chi connectivity index (χ2n) is 14.3. The number of ether oxygens (including phenoxy) is 4. The van der Waals surface area contributed by atoms with Crippen LogP contribution in [0.5, 0.6) is 5.75 Å². The topological polar surface area (TPSA) is 80.3 Å². The monoisotopic (exact) mass is 586 g/mol. The third kappa shape index (κ3) is 5.05. The van der Waals surface area contributed by atoms with Crippen molar-refractivity contribution < 1.29 is 33.0 Å². The van der Waals surface area contributed by atoms with Crippen LogP contribution in [0.25, 0.3) is 0 Å². The molecule has 0 radical (unpaired) electrons. The molecule has 3 aliphatic carbocycles. The van der Waals surface area contributed by atoms with Crippen LogP contribution in [0.1, 0.15) is 84.3 Å². The summed E-state index contributed by atoms with van der Waals surface area (Å²) in [7, 11) is -2.04. The van der Waals surface area contributed by atoms with Crippen molar-refractivity contribution in [1.82, 2.24) is 0 Å². The summed E-state index contributed by atoms with van der Waals surface area (Å²) in [6.07, 6.45) is 4.34. The number of hydrogen-bond donors (Lipinski definition) is 0. The predicted molar refractivity (Wildman–Crippen MR) is 159 cm³/mol. The third-order valence-corrected chi connectivity index (χ3v) is 15.6. The maximum atomic E-state index is 13.5. The second-order valence-corrected chi connectivity index (χ2v) is 19.0. The molecular weight excluding hydrogens is 536 g/mol. The number of carbonyl (C=O) groups is 2. The van der Waals surface area contributed by atoms with Crippen molar-refractivity contribution in [1.29, 1.82) is 0 Å². The fourth-order valence-corrected chi connectivity index (χ4v) is 9.34. The van der Waals surface area contributed by atoms with Crippen molar-refractivity contribution in [2.24, 2.45) is 29.1 Å². The zero-order chi connectivity index (χ0) is 29.8. The summed E-state index contributed by atoms with van der Waals surface area (Å²) in [4.78, 5) is 27.1. The quantitative estimate of drug-likeness (QED) is 0.201. The van der Waals surface area contributed by atoms with Gasteiger partial charge in [-0.2, -0.15) is 0 Å². The molecule has 4 aliphatic rings. The van der Waals surface area contributed by atoms with E-state index in [-0.39, 0.29) is 47.3 Å². The Hall–Kier alpha value is -1.90. The van der Waals surface area contributed by atoms with Crippen molar-refractivity contribution in [3.8, 4) is 5.75 Å². The number of carbonyl (C=O) groups excluding carboxylic acids is 2. The summed E-state index contributed by atoms with van der Waals surface area (Å²) in [5, 5.41) is 0.0755. The maximum Gasteiger partial charge on any atom is 0.320 e. The van der Waals surface area contributed by atoms with Gasteiger partial charge in [0.15, 0.2) is 11.7 Å². The van der Waals surface area contributed by atoms with Crippen LogP contribution in [0.15, 0.2) is 18.2 Å². The lowest BCUT2D eigenvalue weighted by molar-refractivity contribution is -0.239. The van der Waals surface area contributed by atoms with Gasteiger partial charge in [-0.15, -0.1) is 0 Å². The summed E-state index contributed by atoms with van der Waals surface area (Å²) in [6.45, 7) is 18.8. The Morgan fingerprint density at radius 1 is 1.02 bits per heavy atom. The highest BCUT2D eigenvalue weighted by Gasteiger charge is 2.67. The number of benzene rings is 1. The summed E-state index contributed by atoms with van der Waals surface area (Å²) >= 11 is 0. The van der Waals surface area contributed by atoms with Gasteiger partial charge in [0.05, 0.1) is 26.4 Å². The van der Waals surface area contributed by atoms with Crippen LogP contribution >= 0.6 is 0 Å². The minimum atomic E-state index is -2.04. The van der Waals surface area contributed by atoms with Gasteiger partial charge in [0.25, 0.3) is 0 Å². The molecule has 1 spiro atoms. The fraction of sp³-hybridized carbons (Fsp3) is 0.758. The summed E-state index contributed by atoms with van der Waals surface area (Å²) in [5.41, 5.74) is 2.33. The van der Waals surface area contributed by atoms with Crippen molar-refractivity contribution in [2.45, 2.75) is 103 Å². The van der Waals surface area contributed by atoms with E-state index in [4.69, 9.17) is 23.4 Å². The van der Waals surface area contributed by atoms with E-state index >= 15 is 0 Å². The van der Waals surface area contributed by atoms with Gasteiger partial charge in [-0.05, 0) is 105 Å². The van der Waals surface area contributed by atoms with E-state index in [1.807, 2.05) is 0 Å². The number of fused-ring (bicyclic) bond motifs is 6. The molecule has 1 aromatic rings. The summed E-state index contributed by atoms with van der Waals surface area (Å²) < 4.78 is 30.5. The average molecular weight is 587 g/mol. The van der Waals surface area contributed by atoms with E-state index < -0.39 is 32.0 Å². The molecule has 3 unspecified atom stereocenters. The maximum absolute atomic E-state index is 13.5. The molecule has 5 rings (SSSR count). The Kier molecular flexibility index (Phi) is 8.18. The summed E-state index contributed by atoms with van der Waals surface area (Å²) in [6, 6.07) is 6.57. The molecule has 2 saturated carbocycles. The molecule has 0 amide bonds. The van der Waals surface area contributed by atoms with Crippen molar-refractivity contribution in [3.05, 3.63) is 29.3 Å². The zero-order valence-corrected chi connectivity index (χ0v) is 27.3. The highest BCUT2D eigenvalue weighted by Crippen LogP contribution is 2.67. The van der Waals surface area contributed by atoms with Crippen LogP contribution in [0.4, 0.5) is 0 Å². The van der Waals surface area contributed by atoms with E-state index in [1.54, 1.807) is 13.8 Å². The molecule has 0 N–H and O–H groups in total. The van der Waals surface area contributed by atoms with E-state index in [1.165, 1.54) is 11.1 Å². The third-order valence-electron chi connectivity index (χ3n) is 11.3. The van der Waals surface area contributed by atoms with Gasteiger partial charge in [0.1, 0.15) is 5.75 Å². The molecular formula is C33H50O7Si. The highest BCUT2D eigenvalue weighted by atomic mass is 28.4. The van der Waals surface area contributed by atoms with Crippen LogP contribution in [0.3, 0.4) is 0 Å². The van der Waals surface area contributed by atoms with Crippen LogP contribution in [-0.4, -0.2) is 52.5 Å². The number of rotatable bonds is 7. The van der Waals surface area contributed by atoms with Crippen molar-refractivity contribution in [2.75, 3.05) is 26.4 Å². The highest BCUT2D eigenvalue weighted by molar-refractivity contribution is 6.74. The molecule has 1 heterocycles.